The molecule has 2 aromatic rings. The predicted octanol–water partition coefficient (Wildman–Crippen LogP) is 4.19. The van der Waals surface area contributed by atoms with Gasteiger partial charge in [0.2, 0.25) is 0 Å². The Kier molecular flexibility index (Phi) is 6.19. The largest absolute Gasteiger partial charge is 0.444 e. The van der Waals surface area contributed by atoms with Gasteiger partial charge in [-0.1, -0.05) is 6.92 Å². The Hall–Kier alpha value is -2.83. The zero-order valence-corrected chi connectivity index (χ0v) is 18.2. The van der Waals surface area contributed by atoms with Crippen LogP contribution in [0.5, 0.6) is 5.75 Å². The van der Waals surface area contributed by atoms with Crippen molar-refractivity contribution in [3.63, 3.8) is 0 Å². The molecule has 0 spiro atoms. The molecule has 1 N–H and O–H groups in total. The SMILES string of the molecule is CC[C@@H](NC(=O)OC(C)(C)C)C(=O)Oc1ccc2c3c(c(=O)oc2c1C)CCCC3. The molecule has 1 amide bonds. The molecule has 3 rings (SSSR count). The van der Waals surface area contributed by atoms with Gasteiger partial charge in [0.1, 0.15) is 23.0 Å². The molecular weight excluding hydrogens is 386 g/mol. The van der Waals surface area contributed by atoms with Crippen LogP contribution >= 0.6 is 0 Å². The maximum absolute atomic E-state index is 12.6. The normalized spacial score (nSPS) is 14.7. The first kappa shape index (κ1) is 21.9. The van der Waals surface area contributed by atoms with Gasteiger partial charge < -0.3 is 19.2 Å². The molecule has 1 heterocycles. The monoisotopic (exact) mass is 415 g/mol. The van der Waals surface area contributed by atoms with Crippen LogP contribution < -0.4 is 15.7 Å². The highest BCUT2D eigenvalue weighted by molar-refractivity contribution is 5.88. The molecule has 0 saturated heterocycles. The van der Waals surface area contributed by atoms with Crippen LogP contribution in [0, 0.1) is 6.92 Å². The number of rotatable bonds is 4. The lowest BCUT2D eigenvalue weighted by molar-refractivity contribution is -0.136. The van der Waals surface area contributed by atoms with E-state index in [-0.39, 0.29) is 5.63 Å². The van der Waals surface area contributed by atoms with Crippen LogP contribution in [0.3, 0.4) is 0 Å². The molecule has 1 aromatic carbocycles. The van der Waals surface area contributed by atoms with Gasteiger partial charge in [0.25, 0.3) is 0 Å². The lowest BCUT2D eigenvalue weighted by Gasteiger charge is -2.22. The van der Waals surface area contributed by atoms with Crippen LogP contribution in [-0.4, -0.2) is 23.7 Å². The van der Waals surface area contributed by atoms with Crippen LogP contribution in [0.15, 0.2) is 21.3 Å². The topological polar surface area (TPSA) is 94.8 Å². The van der Waals surface area contributed by atoms with Crippen LogP contribution in [0.4, 0.5) is 4.79 Å². The number of amides is 1. The number of benzene rings is 1. The molecule has 0 bridgehead atoms. The Balaban J connectivity index is 1.84. The molecule has 0 radical (unpaired) electrons. The van der Waals surface area contributed by atoms with Crippen molar-refractivity contribution in [1.82, 2.24) is 5.32 Å². The van der Waals surface area contributed by atoms with Crippen molar-refractivity contribution in [2.75, 3.05) is 0 Å². The number of nitrogens with one attached hydrogen (secondary N) is 1. The van der Waals surface area contributed by atoms with Crippen molar-refractivity contribution in [3.05, 3.63) is 39.2 Å². The van der Waals surface area contributed by atoms with Gasteiger partial charge in [-0.05, 0) is 77.5 Å². The Morgan fingerprint density at radius 3 is 2.47 bits per heavy atom. The number of carbonyl (C=O) groups is 2. The van der Waals surface area contributed by atoms with Gasteiger partial charge in [-0.15, -0.1) is 0 Å². The van der Waals surface area contributed by atoms with Crippen molar-refractivity contribution < 1.29 is 23.5 Å². The minimum absolute atomic E-state index is 0.302. The number of aryl methyl sites for hydroxylation is 2. The summed E-state index contributed by atoms with van der Waals surface area (Å²) in [4.78, 5) is 37.1. The fourth-order valence-electron chi connectivity index (χ4n) is 3.69. The van der Waals surface area contributed by atoms with E-state index in [1.807, 2.05) is 6.07 Å². The van der Waals surface area contributed by atoms with E-state index in [2.05, 4.69) is 5.32 Å². The molecule has 30 heavy (non-hydrogen) atoms. The number of hydrogen-bond acceptors (Lipinski definition) is 6. The van der Waals surface area contributed by atoms with E-state index in [4.69, 9.17) is 13.9 Å². The van der Waals surface area contributed by atoms with Gasteiger partial charge in [-0.25, -0.2) is 14.4 Å². The summed E-state index contributed by atoms with van der Waals surface area (Å²) in [6.45, 7) is 8.76. The van der Waals surface area contributed by atoms with Gasteiger partial charge in [-0.3, -0.25) is 0 Å². The summed E-state index contributed by atoms with van der Waals surface area (Å²) in [6.07, 6.45) is 3.26. The van der Waals surface area contributed by atoms with Gasteiger partial charge in [-0.2, -0.15) is 0 Å². The van der Waals surface area contributed by atoms with Gasteiger partial charge >= 0.3 is 17.7 Å². The standard InChI is InChI=1S/C23H29NO6/c1-6-17(24-22(27)30-23(3,4)5)21(26)28-18-12-11-15-14-9-7-8-10-16(14)20(25)29-19(15)13(18)2/h11-12,17H,6-10H2,1-5H3,(H,24,27)/t17-/m1/s1. The number of ether oxygens (including phenoxy) is 2. The molecule has 0 saturated carbocycles. The van der Waals surface area contributed by atoms with Crippen molar-refractivity contribution in [2.24, 2.45) is 0 Å². The molecule has 0 unspecified atom stereocenters. The van der Waals surface area contributed by atoms with E-state index in [0.717, 1.165) is 42.2 Å². The molecule has 7 heteroatoms. The molecule has 1 atom stereocenters. The van der Waals surface area contributed by atoms with Crippen LogP contribution in [0.1, 0.15) is 63.6 Å². The quantitative estimate of drug-likeness (QED) is 0.457. The minimum Gasteiger partial charge on any atom is -0.444 e. The Morgan fingerprint density at radius 2 is 1.83 bits per heavy atom. The third-order valence-corrected chi connectivity index (χ3v) is 5.18. The summed E-state index contributed by atoms with van der Waals surface area (Å²) in [5, 5.41) is 3.43. The summed E-state index contributed by atoms with van der Waals surface area (Å²) in [5.41, 5.74) is 1.83. The highest BCUT2D eigenvalue weighted by Crippen LogP contribution is 2.32. The molecule has 1 aliphatic rings. The third-order valence-electron chi connectivity index (χ3n) is 5.18. The molecule has 7 nitrogen and oxygen atoms in total. The van der Waals surface area contributed by atoms with Crippen LogP contribution in [-0.2, 0) is 22.4 Å². The molecule has 0 fully saturated rings. The molecule has 162 valence electrons. The van der Waals surface area contributed by atoms with Crippen LogP contribution in [0.25, 0.3) is 11.0 Å². The maximum atomic E-state index is 12.6. The molecule has 0 aliphatic heterocycles. The Morgan fingerprint density at radius 1 is 1.17 bits per heavy atom. The Labute approximate surface area is 175 Å². The van der Waals surface area contributed by atoms with E-state index >= 15 is 0 Å². The smallest absolute Gasteiger partial charge is 0.408 e. The first-order valence-electron chi connectivity index (χ1n) is 10.4. The van der Waals surface area contributed by atoms with E-state index in [1.54, 1.807) is 40.7 Å². The van der Waals surface area contributed by atoms with E-state index < -0.39 is 23.7 Å². The fraction of sp³-hybridized carbons (Fsp3) is 0.522. The average molecular weight is 415 g/mol. The van der Waals surface area contributed by atoms with Gasteiger partial charge in [0, 0.05) is 16.5 Å². The number of hydrogen-bond donors (Lipinski definition) is 1. The summed E-state index contributed by atoms with van der Waals surface area (Å²) >= 11 is 0. The number of esters is 1. The number of alkyl carbamates (subject to hydrolysis) is 1. The lowest BCUT2D eigenvalue weighted by Crippen LogP contribution is -2.44. The molecular formula is C23H29NO6. The second-order valence-electron chi connectivity index (χ2n) is 8.65. The lowest BCUT2D eigenvalue weighted by atomic mass is 9.90. The average Bonchev–Trinajstić information content (AvgIpc) is 2.67. The summed E-state index contributed by atoms with van der Waals surface area (Å²) < 4.78 is 16.3. The van der Waals surface area contributed by atoms with Crippen molar-refractivity contribution >= 4 is 23.0 Å². The van der Waals surface area contributed by atoms with Crippen molar-refractivity contribution in [1.29, 1.82) is 0 Å². The summed E-state index contributed by atoms with van der Waals surface area (Å²) in [6, 6.07) is 2.69. The highest BCUT2D eigenvalue weighted by atomic mass is 16.6. The van der Waals surface area contributed by atoms with Gasteiger partial charge in [0.15, 0.2) is 0 Å². The maximum Gasteiger partial charge on any atom is 0.408 e. The van der Waals surface area contributed by atoms with E-state index in [1.165, 1.54) is 0 Å². The van der Waals surface area contributed by atoms with Crippen LogP contribution in [0.2, 0.25) is 0 Å². The predicted molar refractivity (Wildman–Crippen MR) is 113 cm³/mol. The minimum atomic E-state index is -0.856. The number of carbonyl (C=O) groups excluding carboxylic acids is 2. The van der Waals surface area contributed by atoms with E-state index in [9.17, 15) is 14.4 Å². The van der Waals surface area contributed by atoms with E-state index in [0.29, 0.717) is 23.3 Å². The second kappa shape index (κ2) is 8.50. The zero-order valence-electron chi connectivity index (χ0n) is 18.2. The third kappa shape index (κ3) is 4.66. The van der Waals surface area contributed by atoms with Gasteiger partial charge in [0.05, 0.1) is 0 Å². The first-order valence-corrected chi connectivity index (χ1v) is 10.4. The Bertz CT molecular complexity index is 1030. The fourth-order valence-corrected chi connectivity index (χ4v) is 3.69. The zero-order chi connectivity index (χ0) is 22.1. The molecule has 1 aromatic heterocycles. The summed E-state index contributed by atoms with van der Waals surface area (Å²) in [5.74, 6) is -0.304. The molecule has 1 aliphatic carbocycles. The van der Waals surface area contributed by atoms with Crippen molar-refractivity contribution in [3.8, 4) is 5.75 Å². The van der Waals surface area contributed by atoms with Crippen molar-refractivity contribution in [2.45, 2.75) is 78.4 Å². The summed E-state index contributed by atoms with van der Waals surface area (Å²) in [7, 11) is 0. The second-order valence-corrected chi connectivity index (χ2v) is 8.65. The first-order chi connectivity index (χ1) is 14.1. The number of fused-ring (bicyclic) bond motifs is 3. The highest BCUT2D eigenvalue weighted by Gasteiger charge is 2.26.